The average molecular weight is 444 g/mol. The summed E-state index contributed by atoms with van der Waals surface area (Å²) in [6, 6.07) is 16.1. The third kappa shape index (κ3) is 3.99. The molecule has 1 aliphatic heterocycles. The summed E-state index contributed by atoms with van der Waals surface area (Å²) in [4.78, 5) is 61.6. The minimum atomic E-state index is -0.844. The van der Waals surface area contributed by atoms with Crippen LogP contribution in [0.4, 0.5) is 11.4 Å². The Morgan fingerprint density at radius 1 is 0.909 bits per heavy atom. The summed E-state index contributed by atoms with van der Waals surface area (Å²) in [7, 11) is 0. The quantitative estimate of drug-likeness (QED) is 0.186. The first kappa shape index (κ1) is 21.6. The number of anilines is 1. The summed E-state index contributed by atoms with van der Waals surface area (Å²) >= 11 is 0. The summed E-state index contributed by atoms with van der Waals surface area (Å²) < 4.78 is 5.06. The van der Waals surface area contributed by atoms with E-state index in [1.54, 1.807) is 31.2 Å². The van der Waals surface area contributed by atoms with Crippen LogP contribution in [0, 0.1) is 17.0 Å². The van der Waals surface area contributed by atoms with Crippen LogP contribution in [0.25, 0.3) is 0 Å². The zero-order valence-corrected chi connectivity index (χ0v) is 17.3. The van der Waals surface area contributed by atoms with Gasteiger partial charge in [-0.3, -0.25) is 24.5 Å². The molecule has 0 saturated heterocycles. The van der Waals surface area contributed by atoms with Gasteiger partial charge in [-0.1, -0.05) is 30.3 Å². The Morgan fingerprint density at radius 2 is 1.58 bits per heavy atom. The number of ketones is 1. The van der Waals surface area contributed by atoms with Crippen molar-refractivity contribution in [1.29, 1.82) is 0 Å². The van der Waals surface area contributed by atoms with Crippen molar-refractivity contribution in [3.63, 3.8) is 0 Å². The van der Waals surface area contributed by atoms with Crippen LogP contribution in [-0.2, 0) is 4.74 Å². The highest BCUT2D eigenvalue weighted by Crippen LogP contribution is 2.29. The van der Waals surface area contributed by atoms with Crippen molar-refractivity contribution in [1.82, 2.24) is 0 Å². The fourth-order valence-corrected chi connectivity index (χ4v) is 3.47. The number of aryl methyl sites for hydroxylation is 1. The summed E-state index contributed by atoms with van der Waals surface area (Å²) in [6.07, 6.45) is 0. The fourth-order valence-electron chi connectivity index (χ4n) is 3.47. The molecule has 0 saturated carbocycles. The first-order chi connectivity index (χ1) is 15.8. The Hall–Kier alpha value is -4.66. The van der Waals surface area contributed by atoms with Crippen molar-refractivity contribution >= 4 is 34.9 Å². The third-order valence-corrected chi connectivity index (χ3v) is 5.20. The molecule has 0 atom stereocenters. The number of Topliss-reactive ketones (excluding diaryl/α,β-unsaturated/α-hetero) is 1. The van der Waals surface area contributed by atoms with Gasteiger partial charge < -0.3 is 4.74 Å². The molecule has 2 amide bonds. The van der Waals surface area contributed by atoms with Crippen LogP contribution < -0.4 is 4.90 Å². The van der Waals surface area contributed by atoms with E-state index < -0.39 is 35.1 Å². The molecule has 0 unspecified atom stereocenters. The zero-order chi connectivity index (χ0) is 23.7. The van der Waals surface area contributed by atoms with Gasteiger partial charge in [-0.15, -0.1) is 0 Å². The van der Waals surface area contributed by atoms with Gasteiger partial charge in [0.25, 0.3) is 17.5 Å². The molecule has 9 nitrogen and oxygen atoms in total. The number of nitro benzene ring substituents is 1. The molecule has 4 rings (SSSR count). The molecule has 0 N–H and O–H groups in total. The maximum Gasteiger partial charge on any atom is 0.338 e. The first-order valence-corrected chi connectivity index (χ1v) is 9.81. The van der Waals surface area contributed by atoms with Crippen LogP contribution in [0.15, 0.2) is 66.7 Å². The lowest BCUT2D eigenvalue weighted by Crippen LogP contribution is -2.29. The molecular formula is C24H16N2O7. The van der Waals surface area contributed by atoms with Crippen molar-refractivity contribution in [3.05, 3.63) is 105 Å². The van der Waals surface area contributed by atoms with Crippen LogP contribution in [-0.4, -0.2) is 35.1 Å². The second-order valence-corrected chi connectivity index (χ2v) is 7.30. The van der Waals surface area contributed by atoms with Gasteiger partial charge in [0.05, 0.1) is 27.3 Å². The number of amides is 2. The van der Waals surface area contributed by atoms with E-state index in [9.17, 15) is 29.3 Å². The molecule has 1 heterocycles. The van der Waals surface area contributed by atoms with Gasteiger partial charge in [0, 0.05) is 17.2 Å². The Labute approximate surface area is 187 Å². The Kier molecular flexibility index (Phi) is 5.53. The maximum atomic E-state index is 12.7. The normalized spacial score (nSPS) is 12.5. The van der Waals surface area contributed by atoms with E-state index in [-0.39, 0.29) is 33.6 Å². The number of hydrogen-bond acceptors (Lipinski definition) is 7. The number of nitro groups is 1. The number of imide groups is 1. The molecule has 0 aliphatic carbocycles. The van der Waals surface area contributed by atoms with Crippen molar-refractivity contribution in [2.45, 2.75) is 6.92 Å². The van der Waals surface area contributed by atoms with Crippen LogP contribution in [0.5, 0.6) is 0 Å². The zero-order valence-electron chi connectivity index (χ0n) is 17.3. The molecule has 0 fully saturated rings. The number of rotatable bonds is 6. The van der Waals surface area contributed by atoms with Crippen molar-refractivity contribution in [2.75, 3.05) is 11.5 Å². The molecule has 3 aromatic carbocycles. The van der Waals surface area contributed by atoms with Gasteiger partial charge in [-0.05, 0) is 37.3 Å². The van der Waals surface area contributed by atoms with Crippen LogP contribution >= 0.6 is 0 Å². The van der Waals surface area contributed by atoms with Crippen LogP contribution in [0.3, 0.4) is 0 Å². The molecule has 0 bridgehead atoms. The average Bonchev–Trinajstić information content (AvgIpc) is 3.07. The number of carbonyl (C=O) groups is 4. The Balaban J connectivity index is 1.49. The van der Waals surface area contributed by atoms with E-state index in [0.717, 1.165) is 11.0 Å². The van der Waals surface area contributed by atoms with Crippen LogP contribution in [0.1, 0.15) is 47.0 Å². The molecule has 33 heavy (non-hydrogen) atoms. The highest BCUT2D eigenvalue weighted by atomic mass is 16.6. The van der Waals surface area contributed by atoms with Gasteiger partial charge in [0.2, 0.25) is 5.78 Å². The third-order valence-electron chi connectivity index (χ3n) is 5.20. The van der Waals surface area contributed by atoms with Gasteiger partial charge >= 0.3 is 5.97 Å². The number of ether oxygens (including phenoxy) is 1. The van der Waals surface area contributed by atoms with Gasteiger partial charge in [0.1, 0.15) is 0 Å². The van der Waals surface area contributed by atoms with Gasteiger partial charge in [-0.2, -0.15) is 0 Å². The Bertz CT molecular complexity index is 1310. The summed E-state index contributed by atoms with van der Waals surface area (Å²) in [5, 5.41) is 11.1. The van der Waals surface area contributed by atoms with Crippen molar-refractivity contribution in [2.24, 2.45) is 0 Å². The number of carbonyl (C=O) groups excluding carboxylic acids is 4. The van der Waals surface area contributed by atoms with Gasteiger partial charge in [-0.25, -0.2) is 9.69 Å². The molecule has 1 aliphatic rings. The number of fused-ring (bicyclic) bond motifs is 1. The van der Waals surface area contributed by atoms with Crippen molar-refractivity contribution < 1.29 is 28.8 Å². The number of esters is 1. The highest BCUT2D eigenvalue weighted by molar-refractivity contribution is 6.34. The molecule has 0 aromatic heterocycles. The lowest BCUT2D eigenvalue weighted by atomic mass is 10.1. The molecule has 3 aromatic rings. The lowest BCUT2D eigenvalue weighted by molar-refractivity contribution is -0.385. The smallest absolute Gasteiger partial charge is 0.338 e. The topological polar surface area (TPSA) is 124 Å². The minimum Gasteiger partial charge on any atom is -0.454 e. The number of hydrogen-bond donors (Lipinski definition) is 0. The Morgan fingerprint density at radius 3 is 2.21 bits per heavy atom. The van der Waals surface area contributed by atoms with Gasteiger partial charge in [0.15, 0.2) is 6.61 Å². The van der Waals surface area contributed by atoms with E-state index >= 15 is 0 Å². The predicted octanol–water partition coefficient (Wildman–Crippen LogP) is 3.74. The predicted molar refractivity (Wildman–Crippen MR) is 116 cm³/mol. The fraction of sp³-hybridized carbons (Fsp3) is 0.0833. The second kappa shape index (κ2) is 8.46. The van der Waals surface area contributed by atoms with Crippen LogP contribution in [0.2, 0.25) is 0 Å². The number of nitrogens with zero attached hydrogens (tertiary/aromatic N) is 2. The van der Waals surface area contributed by atoms with E-state index in [1.807, 2.05) is 0 Å². The number of benzene rings is 3. The minimum absolute atomic E-state index is 0.0340. The lowest BCUT2D eigenvalue weighted by Gasteiger charge is -2.14. The molecular weight excluding hydrogens is 428 g/mol. The summed E-state index contributed by atoms with van der Waals surface area (Å²) in [5.74, 6) is -2.46. The van der Waals surface area contributed by atoms with E-state index in [0.29, 0.717) is 5.56 Å². The summed E-state index contributed by atoms with van der Waals surface area (Å²) in [6.45, 7) is 0.921. The largest absolute Gasteiger partial charge is 0.454 e. The SMILES string of the molecule is Cc1ccc(C(=O)COC(=O)c2cccc(N3C(=O)c4ccccc4C3=O)c2)cc1[N+](=O)[O-]. The van der Waals surface area contributed by atoms with E-state index in [2.05, 4.69) is 0 Å². The van der Waals surface area contributed by atoms with E-state index in [4.69, 9.17) is 4.74 Å². The monoisotopic (exact) mass is 444 g/mol. The standard InChI is InChI=1S/C24H16N2O7/c1-14-9-10-15(12-20(14)26(31)32)21(27)13-33-24(30)16-5-4-6-17(11-16)25-22(28)18-7-2-3-8-19(18)23(25)29/h2-12H,13H2,1H3. The maximum absolute atomic E-state index is 12.7. The first-order valence-electron chi connectivity index (χ1n) is 9.81. The highest BCUT2D eigenvalue weighted by Gasteiger charge is 2.36. The molecule has 0 spiro atoms. The second-order valence-electron chi connectivity index (χ2n) is 7.30. The summed E-state index contributed by atoms with van der Waals surface area (Å²) in [5.41, 5.74) is 1.00. The van der Waals surface area contributed by atoms with Crippen molar-refractivity contribution in [3.8, 4) is 0 Å². The van der Waals surface area contributed by atoms with E-state index in [1.165, 1.54) is 36.4 Å². The molecule has 9 heteroatoms. The molecule has 164 valence electrons. The molecule has 0 radical (unpaired) electrons.